The van der Waals surface area contributed by atoms with E-state index >= 15 is 0 Å². The number of alkyl halides is 1. The van der Waals surface area contributed by atoms with E-state index in [4.69, 9.17) is 11.6 Å². The van der Waals surface area contributed by atoms with Gasteiger partial charge in [-0.15, -0.1) is 11.6 Å². The summed E-state index contributed by atoms with van der Waals surface area (Å²) in [7, 11) is 0. The molecule has 0 amide bonds. The number of thioether (sulfide) groups is 1. The van der Waals surface area contributed by atoms with Crippen LogP contribution in [0.4, 0.5) is 0 Å². The van der Waals surface area contributed by atoms with Crippen molar-refractivity contribution in [2.45, 2.75) is 31.4 Å². The first kappa shape index (κ1) is 11.8. The van der Waals surface area contributed by atoms with Crippen molar-refractivity contribution in [1.29, 1.82) is 0 Å². The molecule has 0 unspecified atom stereocenters. The lowest BCUT2D eigenvalue weighted by Gasteiger charge is -2.20. The number of halogens is 1. The standard InChI is InChI=1S/C10H15ClN2S/c1-7-8(5-11)6-12-9(13-7)10(2,3)14-4/h6H,5H2,1-4H3. The zero-order chi connectivity index (χ0) is 10.8. The molecule has 0 aromatic carbocycles. The van der Waals surface area contributed by atoms with E-state index in [0.717, 1.165) is 17.1 Å². The summed E-state index contributed by atoms with van der Waals surface area (Å²) in [6.07, 6.45) is 3.89. The third-order valence-electron chi connectivity index (χ3n) is 2.27. The Labute approximate surface area is 94.5 Å². The van der Waals surface area contributed by atoms with Crippen molar-refractivity contribution < 1.29 is 0 Å². The van der Waals surface area contributed by atoms with E-state index in [1.165, 1.54) is 0 Å². The summed E-state index contributed by atoms with van der Waals surface area (Å²) in [5.74, 6) is 1.35. The minimum absolute atomic E-state index is 0.0321. The molecule has 0 N–H and O–H groups in total. The third kappa shape index (κ3) is 2.39. The van der Waals surface area contributed by atoms with Gasteiger partial charge in [-0.2, -0.15) is 11.8 Å². The molecule has 0 fully saturated rings. The Kier molecular flexibility index (Phi) is 3.78. The number of rotatable bonds is 3. The summed E-state index contributed by atoms with van der Waals surface area (Å²) in [5.41, 5.74) is 1.99. The summed E-state index contributed by atoms with van der Waals surface area (Å²) in [6.45, 7) is 6.21. The molecule has 0 aliphatic heterocycles. The van der Waals surface area contributed by atoms with Crippen LogP contribution in [0.5, 0.6) is 0 Å². The molecule has 0 radical (unpaired) electrons. The van der Waals surface area contributed by atoms with E-state index in [0.29, 0.717) is 5.88 Å². The van der Waals surface area contributed by atoms with Crippen LogP contribution in [0.3, 0.4) is 0 Å². The summed E-state index contributed by atoms with van der Waals surface area (Å²) in [5, 5.41) is 0. The topological polar surface area (TPSA) is 25.8 Å². The quantitative estimate of drug-likeness (QED) is 0.747. The zero-order valence-electron chi connectivity index (χ0n) is 8.97. The molecule has 0 bridgehead atoms. The number of hydrogen-bond donors (Lipinski definition) is 0. The van der Waals surface area contributed by atoms with Gasteiger partial charge in [-0.1, -0.05) is 0 Å². The average Bonchev–Trinajstić information content (AvgIpc) is 2.17. The third-order valence-corrected chi connectivity index (χ3v) is 3.76. The predicted molar refractivity (Wildman–Crippen MR) is 62.9 cm³/mol. The highest BCUT2D eigenvalue weighted by atomic mass is 35.5. The molecule has 0 aliphatic carbocycles. The molecule has 0 aliphatic rings. The van der Waals surface area contributed by atoms with Gasteiger partial charge in [0.05, 0.1) is 10.6 Å². The molecular weight excluding hydrogens is 216 g/mol. The minimum Gasteiger partial charge on any atom is -0.240 e. The van der Waals surface area contributed by atoms with Crippen molar-refractivity contribution >= 4 is 23.4 Å². The fourth-order valence-corrected chi connectivity index (χ4v) is 1.55. The van der Waals surface area contributed by atoms with Gasteiger partial charge in [0.1, 0.15) is 5.82 Å². The monoisotopic (exact) mass is 230 g/mol. The van der Waals surface area contributed by atoms with Crippen molar-refractivity contribution in [2.24, 2.45) is 0 Å². The van der Waals surface area contributed by atoms with Gasteiger partial charge < -0.3 is 0 Å². The van der Waals surface area contributed by atoms with E-state index in [1.807, 2.05) is 13.1 Å². The Bertz CT molecular complexity index is 326. The molecular formula is C10H15ClN2S. The summed E-state index contributed by atoms with van der Waals surface area (Å²) in [6, 6.07) is 0. The highest BCUT2D eigenvalue weighted by Crippen LogP contribution is 2.31. The summed E-state index contributed by atoms with van der Waals surface area (Å²) >= 11 is 7.49. The molecule has 14 heavy (non-hydrogen) atoms. The van der Waals surface area contributed by atoms with Crippen LogP contribution in [-0.4, -0.2) is 16.2 Å². The van der Waals surface area contributed by atoms with Crippen LogP contribution < -0.4 is 0 Å². The Morgan fingerprint density at radius 3 is 2.57 bits per heavy atom. The van der Waals surface area contributed by atoms with Gasteiger partial charge in [0.15, 0.2) is 0 Å². The largest absolute Gasteiger partial charge is 0.240 e. The van der Waals surface area contributed by atoms with Gasteiger partial charge in [0.25, 0.3) is 0 Å². The lowest BCUT2D eigenvalue weighted by molar-refractivity contribution is 0.701. The number of nitrogens with zero attached hydrogens (tertiary/aromatic N) is 2. The second-order valence-corrected chi connectivity index (χ2v) is 5.35. The van der Waals surface area contributed by atoms with E-state index in [2.05, 4.69) is 30.1 Å². The molecule has 0 spiro atoms. The molecule has 1 aromatic rings. The van der Waals surface area contributed by atoms with Gasteiger partial charge in [0.2, 0.25) is 0 Å². The first-order valence-electron chi connectivity index (χ1n) is 4.45. The molecule has 0 atom stereocenters. The second-order valence-electron chi connectivity index (χ2n) is 3.65. The number of aromatic nitrogens is 2. The van der Waals surface area contributed by atoms with Gasteiger partial charge in [-0.25, -0.2) is 9.97 Å². The van der Waals surface area contributed by atoms with E-state index in [1.54, 1.807) is 11.8 Å². The predicted octanol–water partition coefficient (Wildman–Crippen LogP) is 3.12. The van der Waals surface area contributed by atoms with E-state index in [-0.39, 0.29) is 4.75 Å². The molecule has 0 saturated carbocycles. The molecule has 1 rings (SSSR count). The van der Waals surface area contributed by atoms with Crippen molar-refractivity contribution in [3.63, 3.8) is 0 Å². The molecule has 78 valence electrons. The van der Waals surface area contributed by atoms with Crippen molar-refractivity contribution in [3.05, 3.63) is 23.3 Å². The van der Waals surface area contributed by atoms with Crippen LogP contribution in [-0.2, 0) is 10.6 Å². The highest BCUT2D eigenvalue weighted by Gasteiger charge is 2.22. The first-order chi connectivity index (χ1) is 6.51. The van der Waals surface area contributed by atoms with Crippen LogP contribution in [0.25, 0.3) is 0 Å². The molecule has 4 heteroatoms. The molecule has 0 saturated heterocycles. The maximum atomic E-state index is 5.75. The molecule has 1 heterocycles. The molecule has 1 aromatic heterocycles. The van der Waals surface area contributed by atoms with Gasteiger partial charge >= 0.3 is 0 Å². The van der Waals surface area contributed by atoms with Crippen LogP contribution in [0, 0.1) is 6.92 Å². The highest BCUT2D eigenvalue weighted by molar-refractivity contribution is 7.99. The maximum absolute atomic E-state index is 5.75. The van der Waals surface area contributed by atoms with E-state index < -0.39 is 0 Å². The van der Waals surface area contributed by atoms with Crippen molar-refractivity contribution in [2.75, 3.05) is 6.26 Å². The summed E-state index contributed by atoms with van der Waals surface area (Å²) in [4.78, 5) is 8.81. The number of hydrogen-bond acceptors (Lipinski definition) is 3. The lowest BCUT2D eigenvalue weighted by atomic mass is 10.1. The van der Waals surface area contributed by atoms with Crippen LogP contribution in [0.15, 0.2) is 6.20 Å². The molecule has 2 nitrogen and oxygen atoms in total. The van der Waals surface area contributed by atoms with Gasteiger partial charge in [-0.05, 0) is 27.0 Å². The zero-order valence-corrected chi connectivity index (χ0v) is 10.5. The Hall–Kier alpha value is -0.280. The van der Waals surface area contributed by atoms with Gasteiger partial charge in [0, 0.05) is 17.5 Å². The fourth-order valence-electron chi connectivity index (χ4n) is 1.00. The number of aryl methyl sites for hydroxylation is 1. The SMILES string of the molecule is CSC(C)(C)c1ncc(CCl)c(C)n1. The lowest BCUT2D eigenvalue weighted by Crippen LogP contribution is -2.17. The summed E-state index contributed by atoms with van der Waals surface area (Å²) < 4.78 is -0.0321. The van der Waals surface area contributed by atoms with Crippen molar-refractivity contribution in [3.8, 4) is 0 Å². The Morgan fingerprint density at radius 1 is 1.50 bits per heavy atom. The van der Waals surface area contributed by atoms with Crippen molar-refractivity contribution in [1.82, 2.24) is 9.97 Å². The van der Waals surface area contributed by atoms with Gasteiger partial charge in [-0.3, -0.25) is 0 Å². The van der Waals surface area contributed by atoms with Crippen LogP contribution in [0.1, 0.15) is 30.9 Å². The fraction of sp³-hybridized carbons (Fsp3) is 0.600. The normalized spacial score (nSPS) is 11.8. The van der Waals surface area contributed by atoms with E-state index in [9.17, 15) is 0 Å². The van der Waals surface area contributed by atoms with Crippen LogP contribution in [0.2, 0.25) is 0 Å². The second kappa shape index (κ2) is 4.49. The first-order valence-corrected chi connectivity index (χ1v) is 6.21. The Morgan fingerprint density at radius 2 is 2.14 bits per heavy atom. The smallest absolute Gasteiger partial charge is 0.143 e. The minimum atomic E-state index is -0.0321. The average molecular weight is 231 g/mol. The maximum Gasteiger partial charge on any atom is 0.143 e. The van der Waals surface area contributed by atoms with Crippen LogP contribution >= 0.6 is 23.4 Å². The Balaban J connectivity index is 3.08.